The Labute approximate surface area is 140 Å². The lowest BCUT2D eigenvalue weighted by Gasteiger charge is -2.17. The maximum atomic E-state index is 5.65. The van der Waals surface area contributed by atoms with Gasteiger partial charge in [0, 0.05) is 24.7 Å². The van der Waals surface area contributed by atoms with Gasteiger partial charge >= 0.3 is 0 Å². The Bertz CT molecular complexity index is 215. The molecule has 0 aliphatic heterocycles. The van der Waals surface area contributed by atoms with Crippen LogP contribution in [-0.2, 0) is 9.47 Å². The van der Waals surface area contributed by atoms with Gasteiger partial charge in [-0.3, -0.25) is 0 Å². The van der Waals surface area contributed by atoms with E-state index in [9.17, 15) is 0 Å². The third-order valence-corrected chi connectivity index (χ3v) is 5.32. The summed E-state index contributed by atoms with van der Waals surface area (Å²) in [4.78, 5) is 0. The van der Waals surface area contributed by atoms with Crippen molar-refractivity contribution in [2.45, 2.75) is 60.3 Å². The highest BCUT2D eigenvalue weighted by molar-refractivity contribution is 8.76. The molecule has 21 heavy (non-hydrogen) atoms. The summed E-state index contributed by atoms with van der Waals surface area (Å²) in [6.45, 7) is 14.9. The van der Waals surface area contributed by atoms with Crippen LogP contribution >= 0.6 is 21.6 Å². The monoisotopic (exact) mass is 336 g/mol. The molecule has 0 aliphatic rings. The minimum Gasteiger partial charge on any atom is -0.381 e. The van der Waals surface area contributed by atoms with Crippen LogP contribution in [0.1, 0.15) is 60.3 Å². The average molecular weight is 337 g/mol. The molecule has 0 saturated carbocycles. The van der Waals surface area contributed by atoms with Crippen molar-refractivity contribution < 1.29 is 9.47 Å². The lowest BCUT2D eigenvalue weighted by Crippen LogP contribution is -2.07. The van der Waals surface area contributed by atoms with Crippen molar-refractivity contribution >= 4 is 21.6 Å². The molecule has 4 heteroatoms. The highest BCUT2D eigenvalue weighted by Gasteiger charge is 2.08. The molecule has 0 rings (SSSR count). The lowest BCUT2D eigenvalue weighted by atomic mass is 9.91. The predicted octanol–water partition coefficient (Wildman–Crippen LogP) is 5.66. The predicted molar refractivity (Wildman–Crippen MR) is 99.3 cm³/mol. The second-order valence-electron chi connectivity index (χ2n) is 7.07. The first-order chi connectivity index (χ1) is 9.92. The number of hydrogen-bond donors (Lipinski definition) is 0. The topological polar surface area (TPSA) is 18.5 Å². The molecule has 0 aliphatic carbocycles. The maximum Gasteiger partial charge on any atom is 0.0565 e. The lowest BCUT2D eigenvalue weighted by molar-refractivity contribution is 0.137. The molecule has 0 aromatic heterocycles. The molecule has 128 valence electrons. The number of rotatable bonds is 14. The van der Waals surface area contributed by atoms with Crippen LogP contribution < -0.4 is 0 Å². The summed E-state index contributed by atoms with van der Waals surface area (Å²) in [6.07, 6.45) is 4.88. The van der Waals surface area contributed by atoms with E-state index in [0.29, 0.717) is 5.41 Å². The number of hydrogen-bond acceptors (Lipinski definition) is 4. The van der Waals surface area contributed by atoms with Gasteiger partial charge in [0.2, 0.25) is 0 Å². The summed E-state index contributed by atoms with van der Waals surface area (Å²) in [6, 6.07) is 0. The second-order valence-corrected chi connectivity index (χ2v) is 9.77. The fourth-order valence-corrected chi connectivity index (χ4v) is 3.53. The zero-order valence-electron chi connectivity index (χ0n) is 14.8. The van der Waals surface area contributed by atoms with Gasteiger partial charge in [0.05, 0.1) is 13.2 Å². The van der Waals surface area contributed by atoms with Gasteiger partial charge in [-0.1, -0.05) is 56.2 Å². The van der Waals surface area contributed by atoms with Crippen LogP contribution in [-0.4, -0.2) is 37.9 Å². The molecule has 0 aromatic carbocycles. The quantitative estimate of drug-likeness (QED) is 0.301. The summed E-state index contributed by atoms with van der Waals surface area (Å²) in [5.74, 6) is 2.95. The van der Waals surface area contributed by atoms with Crippen molar-refractivity contribution in [3.8, 4) is 0 Å². The average Bonchev–Trinajstić information content (AvgIpc) is 2.37. The molecule has 0 aromatic rings. The zero-order valence-corrected chi connectivity index (χ0v) is 16.4. The van der Waals surface area contributed by atoms with Gasteiger partial charge in [0.25, 0.3) is 0 Å². The molecule has 0 saturated heterocycles. The van der Waals surface area contributed by atoms with Crippen LogP contribution in [0.2, 0.25) is 0 Å². The van der Waals surface area contributed by atoms with Crippen molar-refractivity contribution in [2.24, 2.45) is 11.3 Å². The molecule has 0 fully saturated rings. The molecule has 0 spiro atoms. The van der Waals surface area contributed by atoms with Gasteiger partial charge in [-0.05, 0) is 37.0 Å². The normalized spacial score (nSPS) is 12.3. The van der Waals surface area contributed by atoms with Crippen molar-refractivity contribution in [2.75, 3.05) is 37.9 Å². The summed E-state index contributed by atoms with van der Waals surface area (Å²) in [7, 11) is 3.79. The van der Waals surface area contributed by atoms with Crippen LogP contribution in [0.5, 0.6) is 0 Å². The summed E-state index contributed by atoms with van der Waals surface area (Å²) < 4.78 is 11.3. The molecule has 0 radical (unpaired) electrons. The molecule has 0 amide bonds. The van der Waals surface area contributed by atoms with E-state index in [-0.39, 0.29) is 0 Å². The van der Waals surface area contributed by atoms with E-state index in [1.807, 2.05) is 21.6 Å². The van der Waals surface area contributed by atoms with Gasteiger partial charge < -0.3 is 9.47 Å². The summed E-state index contributed by atoms with van der Waals surface area (Å²) in [5, 5.41) is 0. The van der Waals surface area contributed by atoms with Gasteiger partial charge in [-0.15, -0.1) is 0 Å². The Morgan fingerprint density at radius 3 is 1.81 bits per heavy atom. The standard InChI is InChI=1S/C17H36O2S2/c1-16(2)8-6-10-18-12-14-20-21-15-13-19-11-7-9-17(3,4)5/h16H,6-15H2,1-5H3. The minimum atomic E-state index is 0.434. The van der Waals surface area contributed by atoms with E-state index in [2.05, 4.69) is 34.6 Å². The van der Waals surface area contributed by atoms with Crippen molar-refractivity contribution in [1.29, 1.82) is 0 Å². The smallest absolute Gasteiger partial charge is 0.0565 e. The van der Waals surface area contributed by atoms with E-state index >= 15 is 0 Å². The van der Waals surface area contributed by atoms with Crippen LogP contribution in [0.15, 0.2) is 0 Å². The molecular weight excluding hydrogens is 300 g/mol. The molecule has 0 bridgehead atoms. The Hall–Kier alpha value is 0.620. The first kappa shape index (κ1) is 21.6. The van der Waals surface area contributed by atoms with Gasteiger partial charge in [0.15, 0.2) is 0 Å². The Kier molecular flexibility index (Phi) is 14.6. The third-order valence-electron chi connectivity index (χ3n) is 2.99. The summed E-state index contributed by atoms with van der Waals surface area (Å²) >= 11 is 0. The Morgan fingerprint density at radius 1 is 0.810 bits per heavy atom. The van der Waals surface area contributed by atoms with Crippen LogP contribution in [0.25, 0.3) is 0 Å². The van der Waals surface area contributed by atoms with Crippen molar-refractivity contribution in [1.82, 2.24) is 0 Å². The van der Waals surface area contributed by atoms with Gasteiger partial charge in [-0.2, -0.15) is 0 Å². The third kappa shape index (κ3) is 20.6. The molecule has 0 heterocycles. The molecule has 0 N–H and O–H groups in total. The molecule has 0 unspecified atom stereocenters. The largest absolute Gasteiger partial charge is 0.381 e. The van der Waals surface area contributed by atoms with Crippen LogP contribution in [0.3, 0.4) is 0 Å². The maximum absolute atomic E-state index is 5.65. The fraction of sp³-hybridized carbons (Fsp3) is 1.00. The van der Waals surface area contributed by atoms with E-state index in [1.54, 1.807) is 0 Å². The first-order valence-electron chi connectivity index (χ1n) is 8.32. The second kappa shape index (κ2) is 14.2. The minimum absolute atomic E-state index is 0.434. The van der Waals surface area contributed by atoms with Crippen molar-refractivity contribution in [3.05, 3.63) is 0 Å². The van der Waals surface area contributed by atoms with Crippen LogP contribution in [0.4, 0.5) is 0 Å². The van der Waals surface area contributed by atoms with Crippen molar-refractivity contribution in [3.63, 3.8) is 0 Å². The van der Waals surface area contributed by atoms with E-state index in [0.717, 1.165) is 43.9 Å². The fourth-order valence-electron chi connectivity index (χ4n) is 1.81. The zero-order chi connectivity index (χ0) is 16.0. The van der Waals surface area contributed by atoms with E-state index < -0.39 is 0 Å². The first-order valence-corrected chi connectivity index (χ1v) is 10.8. The van der Waals surface area contributed by atoms with Gasteiger partial charge in [-0.25, -0.2) is 0 Å². The SMILES string of the molecule is CC(C)CCCOCCSSCCOCCCC(C)(C)C. The van der Waals surface area contributed by atoms with Crippen LogP contribution in [0, 0.1) is 11.3 Å². The van der Waals surface area contributed by atoms with E-state index in [4.69, 9.17) is 9.47 Å². The summed E-state index contributed by atoms with van der Waals surface area (Å²) in [5.41, 5.74) is 0.434. The molecular formula is C17H36O2S2. The highest BCUT2D eigenvalue weighted by atomic mass is 33.1. The number of ether oxygens (including phenoxy) is 2. The van der Waals surface area contributed by atoms with E-state index in [1.165, 1.54) is 25.7 Å². The van der Waals surface area contributed by atoms with Gasteiger partial charge in [0.1, 0.15) is 0 Å². The Balaban J connectivity index is 3.03. The molecule has 2 nitrogen and oxygen atoms in total. The highest BCUT2D eigenvalue weighted by Crippen LogP contribution is 2.21. The molecule has 0 atom stereocenters. The Morgan fingerprint density at radius 2 is 1.33 bits per heavy atom.